The minimum atomic E-state index is -5.26. The fourth-order valence-electron chi connectivity index (χ4n) is 6.65. The van der Waals surface area contributed by atoms with Crippen molar-refractivity contribution in [3.8, 4) is 5.75 Å². The lowest BCUT2D eigenvalue weighted by Crippen LogP contribution is -2.36. The Morgan fingerprint density at radius 2 is 1.65 bits per heavy atom. The van der Waals surface area contributed by atoms with Crippen LogP contribution >= 0.6 is 25.8 Å². The van der Waals surface area contributed by atoms with Crippen molar-refractivity contribution in [1.82, 2.24) is 39.0 Å². The second-order valence-corrected chi connectivity index (χ2v) is 21.4. The molecule has 1 aromatic carbocycles. The SMILES string of the molecule is CC(C)(C)C(=O)OCOc1ccc(CSP2(=O)CO[C@H]3[C@@H](F)[C@H](n4cnc5c(N)ncnc54)O[C@@H]3COP(=O)(O)O[C@@H]3[C@H](F)[C@@H](CO2)O[C@H]3n2cnc3c(=O)[nH]c(N)nc32)cc1. The molecule has 7 heterocycles. The molecule has 3 saturated heterocycles. The van der Waals surface area contributed by atoms with Crippen LogP contribution in [0.1, 0.15) is 38.8 Å². The number of halogens is 2. The third kappa shape index (κ3) is 9.07. The van der Waals surface area contributed by atoms with Crippen LogP contribution in [-0.4, -0.2) is 113 Å². The topological polar surface area (TPSA) is 304 Å². The van der Waals surface area contributed by atoms with Gasteiger partial charge < -0.3 is 44.6 Å². The predicted octanol–water partition coefficient (Wildman–Crippen LogP) is 3.52. The number of benzene rings is 1. The Morgan fingerprint density at radius 3 is 2.39 bits per heavy atom. The zero-order valence-corrected chi connectivity index (χ0v) is 35.5. The molecule has 8 rings (SSSR count). The Balaban J connectivity index is 1.07. The number of carbonyl (C=O) groups is 1. The highest BCUT2D eigenvalue weighted by atomic mass is 32.7. The zero-order chi connectivity index (χ0) is 44.1. The van der Waals surface area contributed by atoms with Crippen molar-refractivity contribution in [2.75, 3.05) is 37.8 Å². The van der Waals surface area contributed by atoms with Gasteiger partial charge in [0, 0.05) is 5.75 Å². The molecule has 0 saturated carbocycles. The number of anilines is 2. The quantitative estimate of drug-likeness (QED) is 0.0983. The number of H-pyrrole nitrogens is 1. The van der Waals surface area contributed by atoms with E-state index in [0.717, 1.165) is 28.6 Å². The van der Waals surface area contributed by atoms with Crippen molar-refractivity contribution in [2.24, 2.45) is 5.41 Å². The first-order valence-corrected chi connectivity index (χ1v) is 23.6. The molecule has 3 aliphatic heterocycles. The van der Waals surface area contributed by atoms with Crippen LogP contribution in [-0.2, 0) is 52.2 Å². The van der Waals surface area contributed by atoms with Crippen molar-refractivity contribution in [3.63, 3.8) is 0 Å². The van der Waals surface area contributed by atoms with E-state index >= 15 is 8.78 Å². The van der Waals surface area contributed by atoms with Gasteiger partial charge in [0.2, 0.25) is 12.7 Å². The minimum Gasteiger partial charge on any atom is -0.457 e. The van der Waals surface area contributed by atoms with Crippen molar-refractivity contribution in [3.05, 3.63) is 59.2 Å². The molecule has 4 aromatic heterocycles. The molecular formula is C34H40F2N10O13P2S. The molecule has 2 bridgehead atoms. The van der Waals surface area contributed by atoms with E-state index in [1.54, 1.807) is 45.0 Å². The van der Waals surface area contributed by atoms with Gasteiger partial charge in [0.15, 0.2) is 47.4 Å². The third-order valence-corrected chi connectivity index (χ3v) is 14.9. The number of nitrogens with zero attached hydrogens (tertiary/aromatic N) is 7. The third-order valence-electron chi connectivity index (χ3n) is 9.81. The molecule has 3 fully saturated rings. The maximum atomic E-state index is 16.6. The number of rotatable bonds is 8. The molecule has 0 radical (unpaired) electrons. The Labute approximate surface area is 352 Å². The number of esters is 1. The zero-order valence-electron chi connectivity index (χ0n) is 32.9. The number of phosphoric acid groups is 1. The van der Waals surface area contributed by atoms with Crippen LogP contribution in [0, 0.1) is 5.41 Å². The second kappa shape index (κ2) is 17.2. The van der Waals surface area contributed by atoms with Crippen LogP contribution in [0.3, 0.4) is 0 Å². The van der Waals surface area contributed by atoms with E-state index < -0.39 is 100 Å². The van der Waals surface area contributed by atoms with Crippen LogP contribution in [0.2, 0.25) is 0 Å². The van der Waals surface area contributed by atoms with Crippen LogP contribution in [0.5, 0.6) is 5.75 Å². The van der Waals surface area contributed by atoms with E-state index in [9.17, 15) is 23.6 Å². The van der Waals surface area contributed by atoms with Gasteiger partial charge >= 0.3 is 13.8 Å². The molecule has 6 N–H and O–H groups in total. The number of carbonyl (C=O) groups excluding carboxylic acids is 1. The minimum absolute atomic E-state index is 0.00935. The van der Waals surface area contributed by atoms with E-state index in [-0.39, 0.29) is 46.6 Å². The molecule has 10 atom stereocenters. The summed E-state index contributed by atoms with van der Waals surface area (Å²) in [6.07, 6.45) is -11.5. The molecular weight excluding hydrogens is 888 g/mol. The van der Waals surface area contributed by atoms with Crippen LogP contribution in [0.15, 0.2) is 48.0 Å². The summed E-state index contributed by atoms with van der Waals surface area (Å²) < 4.78 is 109. The molecule has 2 unspecified atom stereocenters. The molecule has 3 aliphatic rings. The lowest BCUT2D eigenvalue weighted by Gasteiger charge is -2.26. The van der Waals surface area contributed by atoms with Gasteiger partial charge in [-0.3, -0.25) is 37.3 Å². The van der Waals surface area contributed by atoms with Gasteiger partial charge in [-0.05, 0) is 38.5 Å². The molecule has 23 nitrogen and oxygen atoms in total. The predicted molar refractivity (Wildman–Crippen MR) is 213 cm³/mol. The molecule has 5 aromatic rings. The van der Waals surface area contributed by atoms with Crippen LogP contribution < -0.4 is 21.8 Å². The first kappa shape index (κ1) is 44.0. The maximum Gasteiger partial charge on any atom is 0.472 e. The summed E-state index contributed by atoms with van der Waals surface area (Å²) in [5.74, 6) is -0.344. The summed E-state index contributed by atoms with van der Waals surface area (Å²) in [6.45, 7) is -0.924. The van der Waals surface area contributed by atoms with Crippen LogP contribution in [0.4, 0.5) is 20.5 Å². The first-order chi connectivity index (χ1) is 29.4. The highest BCUT2D eigenvalue weighted by molar-refractivity contribution is 8.56. The highest BCUT2D eigenvalue weighted by Gasteiger charge is 2.54. The van der Waals surface area contributed by atoms with Gasteiger partial charge in [-0.25, -0.2) is 33.3 Å². The van der Waals surface area contributed by atoms with E-state index in [1.165, 1.54) is 10.9 Å². The normalized spacial score (nSPS) is 30.9. The molecule has 0 amide bonds. The number of phosphoric ester groups is 1. The lowest BCUT2D eigenvalue weighted by atomic mass is 9.98. The number of hydrogen-bond acceptors (Lipinski definition) is 20. The molecule has 0 spiro atoms. The average Bonchev–Trinajstić information content (AvgIpc) is 3.99. The number of nitrogens with one attached hydrogen (secondary N) is 1. The number of nitrogen functional groups attached to an aromatic ring is 2. The number of ether oxygens (including phenoxy) is 5. The van der Waals surface area contributed by atoms with Crippen molar-refractivity contribution < 1.29 is 64.9 Å². The highest BCUT2D eigenvalue weighted by Crippen LogP contribution is 2.62. The number of fused-ring (bicyclic) bond motifs is 5. The number of imidazole rings is 2. The number of hydrogen-bond donors (Lipinski definition) is 4. The van der Waals surface area contributed by atoms with E-state index in [0.29, 0.717) is 11.3 Å². The van der Waals surface area contributed by atoms with E-state index in [1.807, 2.05) is 0 Å². The number of nitrogens with two attached hydrogens (primary N) is 2. The van der Waals surface area contributed by atoms with E-state index in [4.69, 9.17) is 48.7 Å². The smallest absolute Gasteiger partial charge is 0.457 e. The largest absolute Gasteiger partial charge is 0.472 e. The van der Waals surface area contributed by atoms with Crippen molar-refractivity contribution in [1.29, 1.82) is 0 Å². The molecule has 0 aliphatic carbocycles. The Morgan fingerprint density at radius 1 is 0.952 bits per heavy atom. The second-order valence-electron chi connectivity index (χ2n) is 15.2. The monoisotopic (exact) mass is 928 g/mol. The summed E-state index contributed by atoms with van der Waals surface area (Å²) >= 11 is 0.798. The summed E-state index contributed by atoms with van der Waals surface area (Å²) in [5.41, 5.74) is 10.7. The number of aromatic amines is 1. The first-order valence-electron chi connectivity index (χ1n) is 18.7. The molecule has 62 heavy (non-hydrogen) atoms. The fourth-order valence-corrected chi connectivity index (χ4v) is 10.9. The maximum absolute atomic E-state index is 16.6. The van der Waals surface area contributed by atoms with Gasteiger partial charge in [0.25, 0.3) is 12.1 Å². The summed E-state index contributed by atoms with van der Waals surface area (Å²) in [6, 6.07) is 6.53. The van der Waals surface area contributed by atoms with Crippen LogP contribution in [0.25, 0.3) is 22.3 Å². The standard InChI is InChI=1S/C34H40F2N10O13P2S/c1-34(2,3)32(48)53-14-52-17-6-4-16(5-7-17)10-62-60(49)15-54-24-19(58-30(21(24)36)45-12-41-22-26(37)39-11-40-27(22)45)9-56-61(50,51)59-25-20(35)18(8-55-60)57-31(25)46-13-42-23-28(46)43-33(38)44-29(23)47/h4-7,11-13,18-21,24-25,30-31H,8-10,14-15H2,1-3H3,(H,50,51)(H2,37,39,40)(H3,38,43,44,47)/t18-,19-,20-,21-,24-,25-,30-,31-,60?/m1/s1. The molecule has 334 valence electrons. The lowest BCUT2D eigenvalue weighted by molar-refractivity contribution is -0.159. The molecule has 28 heteroatoms. The van der Waals surface area contributed by atoms with Gasteiger partial charge in [-0.15, -0.1) is 0 Å². The summed E-state index contributed by atoms with van der Waals surface area (Å²) in [7, 11) is -5.26. The Bertz CT molecular complexity index is 2620. The van der Waals surface area contributed by atoms with Crippen molar-refractivity contribution >= 4 is 65.8 Å². The fraction of sp³-hybridized carbons (Fsp3) is 0.500. The average molecular weight is 929 g/mol. The van der Waals surface area contributed by atoms with Gasteiger partial charge in [0.05, 0.1) is 31.3 Å². The Hall–Kier alpha value is -4.62. The number of alkyl halides is 2. The number of aromatic nitrogens is 8. The van der Waals surface area contributed by atoms with Crippen molar-refractivity contribution in [2.45, 2.75) is 75.7 Å². The van der Waals surface area contributed by atoms with E-state index in [2.05, 4.69) is 29.9 Å². The van der Waals surface area contributed by atoms with Gasteiger partial charge in [-0.1, -0.05) is 23.5 Å². The summed E-state index contributed by atoms with van der Waals surface area (Å²) in [5, 5.41) is 0. The summed E-state index contributed by atoms with van der Waals surface area (Å²) in [4.78, 5) is 58.1. The Kier molecular flexibility index (Phi) is 12.2. The van der Waals surface area contributed by atoms with Gasteiger partial charge in [0.1, 0.15) is 48.4 Å². The van der Waals surface area contributed by atoms with Gasteiger partial charge in [-0.2, -0.15) is 4.98 Å².